The summed E-state index contributed by atoms with van der Waals surface area (Å²) in [5.74, 6) is 0.317. The smallest absolute Gasteiger partial charge is 0.409 e. The van der Waals surface area contributed by atoms with Crippen LogP contribution in [0.3, 0.4) is 0 Å². The molecule has 0 aromatic carbocycles. The number of alkyl halides is 1. The second-order valence-electron chi connectivity index (χ2n) is 3.75. The Morgan fingerprint density at radius 3 is 3.17 bits per heavy atom. The molecule has 2 rings (SSSR count). The Hall–Kier alpha value is -0.300. The highest BCUT2D eigenvalue weighted by Crippen LogP contribution is 2.31. The normalized spacial score (nSPS) is 19.9. The average Bonchev–Trinajstić information content (AvgIpc) is 2.83. The van der Waals surface area contributed by atoms with E-state index >= 15 is 0 Å². The van der Waals surface area contributed by atoms with Crippen molar-refractivity contribution < 1.29 is 14.3 Å². The highest BCUT2D eigenvalue weighted by Gasteiger charge is 2.27. The summed E-state index contributed by atoms with van der Waals surface area (Å²) in [6.45, 7) is 1.85. The number of nitrogens with zero attached hydrogens (tertiary/aromatic N) is 1. The number of hydrogen-bond acceptors (Lipinski definition) is 4. The summed E-state index contributed by atoms with van der Waals surface area (Å²) >= 11 is 10.5. The average molecular weight is 355 g/mol. The summed E-state index contributed by atoms with van der Waals surface area (Å²) < 4.78 is 11.7. The quantitative estimate of drug-likeness (QED) is 0.782. The first-order valence-electron chi connectivity index (χ1n) is 5.55. The molecular formula is C11H13BrClNO3S. The number of amides is 1. The van der Waals surface area contributed by atoms with E-state index in [0.29, 0.717) is 25.6 Å². The van der Waals surface area contributed by atoms with Crippen LogP contribution in [0.5, 0.6) is 0 Å². The van der Waals surface area contributed by atoms with Crippen molar-refractivity contribution in [3.05, 3.63) is 20.8 Å². The van der Waals surface area contributed by atoms with E-state index in [-0.39, 0.29) is 18.8 Å². The maximum atomic E-state index is 11.7. The molecule has 1 fully saturated rings. The monoisotopic (exact) mass is 353 g/mol. The first-order valence-corrected chi connectivity index (χ1v) is 7.69. The highest BCUT2D eigenvalue weighted by atomic mass is 79.9. The molecule has 7 heteroatoms. The van der Waals surface area contributed by atoms with Gasteiger partial charge in [0.25, 0.3) is 0 Å². The second-order valence-corrected chi connectivity index (χ2v) is 6.62. The standard InChI is InChI=1S/C11H13BrClNO3S/c12-10-2-1-9(18-10)8-7-14(4-6-16-8)11(15)17-5-3-13/h1-2,8H,3-7H2. The van der Waals surface area contributed by atoms with Gasteiger partial charge in [0, 0.05) is 11.4 Å². The van der Waals surface area contributed by atoms with Crippen LogP contribution in [0.4, 0.5) is 4.79 Å². The molecule has 1 aromatic rings. The molecular weight excluding hydrogens is 342 g/mol. The van der Waals surface area contributed by atoms with E-state index in [1.807, 2.05) is 12.1 Å². The Kier molecular flexibility index (Phi) is 5.29. The van der Waals surface area contributed by atoms with E-state index in [1.54, 1.807) is 16.2 Å². The number of thiophene rings is 1. The topological polar surface area (TPSA) is 38.8 Å². The maximum Gasteiger partial charge on any atom is 0.409 e. The fraction of sp³-hybridized carbons (Fsp3) is 0.545. The summed E-state index contributed by atoms with van der Waals surface area (Å²) in [7, 11) is 0. The minimum atomic E-state index is -0.320. The molecule has 1 unspecified atom stereocenters. The van der Waals surface area contributed by atoms with Gasteiger partial charge in [0.15, 0.2) is 0 Å². The molecule has 0 aliphatic carbocycles. The Morgan fingerprint density at radius 1 is 1.67 bits per heavy atom. The maximum absolute atomic E-state index is 11.7. The van der Waals surface area contributed by atoms with Crippen molar-refractivity contribution in [3.63, 3.8) is 0 Å². The molecule has 0 spiro atoms. The van der Waals surface area contributed by atoms with Gasteiger partial charge in [0.2, 0.25) is 0 Å². The summed E-state index contributed by atoms with van der Waals surface area (Å²) in [6, 6.07) is 3.99. The van der Waals surface area contributed by atoms with E-state index in [0.717, 1.165) is 8.66 Å². The number of halogens is 2. The van der Waals surface area contributed by atoms with Gasteiger partial charge >= 0.3 is 6.09 Å². The minimum Gasteiger partial charge on any atom is -0.448 e. The van der Waals surface area contributed by atoms with E-state index in [9.17, 15) is 4.79 Å². The van der Waals surface area contributed by atoms with E-state index in [2.05, 4.69) is 15.9 Å². The van der Waals surface area contributed by atoms with Gasteiger partial charge in [0.05, 0.1) is 22.8 Å². The van der Waals surface area contributed by atoms with E-state index in [1.165, 1.54) is 0 Å². The van der Waals surface area contributed by atoms with Crippen LogP contribution in [0.2, 0.25) is 0 Å². The van der Waals surface area contributed by atoms with Gasteiger partial charge in [-0.15, -0.1) is 22.9 Å². The molecule has 1 aliphatic heterocycles. The van der Waals surface area contributed by atoms with Gasteiger partial charge in [-0.25, -0.2) is 4.79 Å². The van der Waals surface area contributed by atoms with Crippen molar-refractivity contribution >= 4 is 45.0 Å². The fourth-order valence-corrected chi connectivity index (χ4v) is 3.25. The summed E-state index contributed by atoms with van der Waals surface area (Å²) in [4.78, 5) is 14.5. The SMILES string of the molecule is O=C(OCCCl)N1CCOC(c2ccc(Br)s2)C1. The van der Waals surface area contributed by atoms with Gasteiger partial charge in [-0.1, -0.05) is 0 Å². The molecule has 0 saturated carbocycles. The third-order valence-electron chi connectivity index (χ3n) is 2.54. The lowest BCUT2D eigenvalue weighted by atomic mass is 10.2. The largest absolute Gasteiger partial charge is 0.448 e. The van der Waals surface area contributed by atoms with Gasteiger partial charge < -0.3 is 14.4 Å². The minimum absolute atomic E-state index is 0.0707. The third kappa shape index (κ3) is 3.60. The van der Waals surface area contributed by atoms with Gasteiger partial charge in [0.1, 0.15) is 12.7 Å². The number of ether oxygens (including phenoxy) is 2. The first kappa shape index (κ1) is 14.1. The van der Waals surface area contributed by atoms with Crippen LogP contribution in [0, 0.1) is 0 Å². The molecule has 1 amide bonds. The molecule has 2 heterocycles. The van der Waals surface area contributed by atoms with E-state index in [4.69, 9.17) is 21.1 Å². The number of morpholine rings is 1. The van der Waals surface area contributed by atoms with Crippen molar-refractivity contribution in [2.24, 2.45) is 0 Å². The molecule has 100 valence electrons. The molecule has 0 radical (unpaired) electrons. The zero-order valence-electron chi connectivity index (χ0n) is 9.60. The second kappa shape index (κ2) is 6.75. The molecule has 1 aromatic heterocycles. The Balaban J connectivity index is 1.94. The molecule has 1 atom stereocenters. The number of rotatable bonds is 3. The Morgan fingerprint density at radius 2 is 2.50 bits per heavy atom. The highest BCUT2D eigenvalue weighted by molar-refractivity contribution is 9.11. The zero-order chi connectivity index (χ0) is 13.0. The lowest BCUT2D eigenvalue weighted by molar-refractivity contribution is -0.0262. The molecule has 1 saturated heterocycles. The van der Waals surface area contributed by atoms with Crippen LogP contribution in [0.25, 0.3) is 0 Å². The van der Waals surface area contributed by atoms with Crippen LogP contribution in [-0.2, 0) is 9.47 Å². The van der Waals surface area contributed by atoms with Crippen LogP contribution in [-0.4, -0.2) is 43.2 Å². The van der Waals surface area contributed by atoms with Gasteiger partial charge in [-0.05, 0) is 28.1 Å². The molecule has 4 nitrogen and oxygen atoms in total. The van der Waals surface area contributed by atoms with Crippen LogP contribution < -0.4 is 0 Å². The molecule has 0 N–H and O–H groups in total. The van der Waals surface area contributed by atoms with Gasteiger partial charge in [-0.2, -0.15) is 0 Å². The van der Waals surface area contributed by atoms with Crippen molar-refractivity contribution in [1.82, 2.24) is 4.90 Å². The van der Waals surface area contributed by atoms with Crippen molar-refractivity contribution in [3.8, 4) is 0 Å². The summed E-state index contributed by atoms with van der Waals surface area (Å²) in [6.07, 6.45) is -0.391. The van der Waals surface area contributed by atoms with Crippen molar-refractivity contribution in [2.75, 3.05) is 32.2 Å². The lowest BCUT2D eigenvalue weighted by Gasteiger charge is -2.31. The molecule has 18 heavy (non-hydrogen) atoms. The fourth-order valence-electron chi connectivity index (χ4n) is 1.71. The predicted octanol–water partition coefficient (Wildman–Crippen LogP) is 3.26. The first-order chi connectivity index (χ1) is 8.70. The number of carbonyl (C=O) groups is 1. The van der Waals surface area contributed by atoms with Gasteiger partial charge in [-0.3, -0.25) is 0 Å². The van der Waals surface area contributed by atoms with Crippen molar-refractivity contribution in [1.29, 1.82) is 0 Å². The summed E-state index contributed by atoms with van der Waals surface area (Å²) in [5.41, 5.74) is 0. The lowest BCUT2D eigenvalue weighted by Crippen LogP contribution is -2.42. The predicted molar refractivity (Wildman–Crippen MR) is 74.4 cm³/mol. The Bertz CT molecular complexity index is 415. The number of hydrogen-bond donors (Lipinski definition) is 0. The Labute approximate surface area is 123 Å². The third-order valence-corrected chi connectivity index (χ3v) is 4.41. The summed E-state index contributed by atoms with van der Waals surface area (Å²) in [5, 5.41) is 0. The molecule has 1 aliphatic rings. The number of carbonyl (C=O) groups excluding carboxylic acids is 1. The molecule has 0 bridgehead atoms. The van der Waals surface area contributed by atoms with Crippen molar-refractivity contribution in [2.45, 2.75) is 6.10 Å². The van der Waals surface area contributed by atoms with Crippen LogP contribution in [0.1, 0.15) is 11.0 Å². The van der Waals surface area contributed by atoms with Crippen LogP contribution in [0.15, 0.2) is 15.9 Å². The zero-order valence-corrected chi connectivity index (χ0v) is 12.8. The van der Waals surface area contributed by atoms with E-state index < -0.39 is 0 Å². The van der Waals surface area contributed by atoms with Crippen LogP contribution >= 0.6 is 38.9 Å².